The largest absolute Gasteiger partial charge is 0.207 e. The zero-order chi connectivity index (χ0) is 7.33. The third-order valence-corrected chi connectivity index (χ3v) is 6.80. The van der Waals surface area contributed by atoms with Gasteiger partial charge in [0, 0.05) is 5.69 Å². The van der Waals surface area contributed by atoms with Gasteiger partial charge in [-0.25, -0.2) is 5.26 Å². The van der Waals surface area contributed by atoms with Crippen LogP contribution in [0.25, 0.3) is 0 Å². The van der Waals surface area contributed by atoms with Crippen molar-refractivity contribution in [3.63, 3.8) is 0 Å². The maximum Gasteiger partial charge on any atom is 0.172 e. The summed E-state index contributed by atoms with van der Waals surface area (Å²) in [5.41, 5.74) is 2.50. The fourth-order valence-electron chi connectivity index (χ4n) is 0.987. The Bertz CT molecular complexity index is 102. The maximum absolute atomic E-state index is 8.79. The fourth-order valence-corrected chi connectivity index (χ4v) is 2.96. The molecule has 0 N–H and O–H groups in total. The first-order chi connectivity index (χ1) is 4.24. The molecule has 0 fully saturated rings. The van der Waals surface area contributed by atoms with Gasteiger partial charge < -0.3 is 0 Å². The van der Waals surface area contributed by atoms with E-state index in [4.69, 9.17) is 5.26 Å². The molecular weight excluding hydrogens is 126 g/mol. The Kier molecular flexibility index (Phi) is 3.56. The summed E-state index contributed by atoms with van der Waals surface area (Å²) in [5, 5.41) is 8.79. The van der Waals surface area contributed by atoms with Crippen molar-refractivity contribution in [3.05, 3.63) is 0 Å². The zero-order valence-corrected chi connectivity index (χ0v) is 7.57. The first-order valence-corrected chi connectivity index (χ1v) is 6.28. The van der Waals surface area contributed by atoms with Crippen molar-refractivity contribution in [2.75, 3.05) is 0 Å². The average molecular weight is 141 g/mol. The predicted molar refractivity (Wildman–Crippen MR) is 42.8 cm³/mol. The summed E-state index contributed by atoms with van der Waals surface area (Å²) < 4.78 is 0. The topological polar surface area (TPSA) is 23.8 Å². The van der Waals surface area contributed by atoms with Crippen molar-refractivity contribution < 1.29 is 0 Å². The Hall–Kier alpha value is -0.293. The van der Waals surface area contributed by atoms with Crippen molar-refractivity contribution in [3.8, 4) is 5.69 Å². The van der Waals surface area contributed by atoms with Gasteiger partial charge in [-0.15, -0.1) is 0 Å². The molecule has 0 heterocycles. The van der Waals surface area contributed by atoms with Crippen LogP contribution in [-0.2, 0) is 0 Å². The van der Waals surface area contributed by atoms with Gasteiger partial charge in [0.15, 0.2) is 8.07 Å². The number of nitrogens with zero attached hydrogens (tertiary/aromatic N) is 1. The van der Waals surface area contributed by atoms with E-state index in [1.165, 1.54) is 0 Å². The van der Waals surface area contributed by atoms with E-state index < -0.39 is 8.07 Å². The van der Waals surface area contributed by atoms with Crippen molar-refractivity contribution in [1.29, 1.82) is 5.26 Å². The Morgan fingerprint density at radius 2 is 1.44 bits per heavy atom. The summed E-state index contributed by atoms with van der Waals surface area (Å²) in [7, 11) is -1.39. The molecule has 0 aromatic heterocycles. The summed E-state index contributed by atoms with van der Waals surface area (Å²) >= 11 is 0. The molecule has 0 spiro atoms. The lowest BCUT2D eigenvalue weighted by atomic mass is 10.9. The Morgan fingerprint density at radius 1 is 1.11 bits per heavy atom. The molecule has 2 heteroatoms. The van der Waals surface area contributed by atoms with E-state index in [9.17, 15) is 0 Å². The normalized spacial score (nSPS) is 10.9. The molecule has 1 nitrogen and oxygen atoms in total. The van der Waals surface area contributed by atoms with Gasteiger partial charge in [0.2, 0.25) is 0 Å². The molecule has 0 radical (unpaired) electrons. The molecule has 0 rings (SSSR count). The predicted octanol–water partition coefficient (Wildman–Crippen LogP) is 2.56. The third-order valence-electron chi connectivity index (χ3n) is 2.27. The number of nitriles is 1. The molecule has 0 bridgehead atoms. The lowest BCUT2D eigenvalue weighted by Crippen LogP contribution is -2.28. The van der Waals surface area contributed by atoms with Crippen LogP contribution in [0.3, 0.4) is 0 Å². The minimum Gasteiger partial charge on any atom is -0.207 e. The molecule has 0 saturated heterocycles. The van der Waals surface area contributed by atoms with E-state index in [1.54, 1.807) is 0 Å². The molecular formula is C7H15NSi. The average Bonchev–Trinajstić information content (AvgIpc) is 1.95. The molecule has 0 aliphatic rings. The summed E-state index contributed by atoms with van der Waals surface area (Å²) in [5.74, 6) is 0. The van der Waals surface area contributed by atoms with E-state index in [2.05, 4.69) is 26.5 Å². The molecule has 0 atom stereocenters. The van der Waals surface area contributed by atoms with E-state index in [1.807, 2.05) is 0 Å². The van der Waals surface area contributed by atoms with Gasteiger partial charge in [0.25, 0.3) is 0 Å². The summed E-state index contributed by atoms with van der Waals surface area (Å²) in [6, 6.07) is 3.36. The summed E-state index contributed by atoms with van der Waals surface area (Å²) in [6.07, 6.45) is 0. The summed E-state index contributed by atoms with van der Waals surface area (Å²) in [6.45, 7) is 6.42. The quantitative estimate of drug-likeness (QED) is 0.554. The second kappa shape index (κ2) is 3.68. The van der Waals surface area contributed by atoms with Crippen LogP contribution in [0.1, 0.15) is 20.8 Å². The van der Waals surface area contributed by atoms with Gasteiger partial charge in [-0.1, -0.05) is 20.8 Å². The zero-order valence-electron chi connectivity index (χ0n) is 6.57. The molecule has 9 heavy (non-hydrogen) atoms. The van der Waals surface area contributed by atoms with Gasteiger partial charge in [0.05, 0.1) is 0 Å². The highest BCUT2D eigenvalue weighted by Gasteiger charge is 2.26. The standard InChI is InChI=1S/C7H15NSi/c1-4-9(5-2,6-3)7-8/h4-6H2,1-3H3. The van der Waals surface area contributed by atoms with Crippen LogP contribution in [0.2, 0.25) is 18.1 Å². The Morgan fingerprint density at radius 3 is 1.44 bits per heavy atom. The van der Waals surface area contributed by atoms with Crippen molar-refractivity contribution >= 4 is 8.07 Å². The van der Waals surface area contributed by atoms with Crippen LogP contribution >= 0.6 is 0 Å². The second-order valence-corrected chi connectivity index (χ2v) is 7.36. The highest BCUT2D eigenvalue weighted by Crippen LogP contribution is 2.17. The minimum absolute atomic E-state index is 1.12. The second-order valence-electron chi connectivity index (χ2n) is 2.45. The van der Waals surface area contributed by atoms with E-state index >= 15 is 0 Å². The van der Waals surface area contributed by atoms with Gasteiger partial charge in [-0.3, -0.25) is 0 Å². The number of rotatable bonds is 3. The molecule has 0 aromatic rings. The van der Waals surface area contributed by atoms with Crippen molar-refractivity contribution in [2.45, 2.75) is 38.9 Å². The molecule has 0 unspecified atom stereocenters. The highest BCUT2D eigenvalue weighted by molar-refractivity contribution is 6.86. The van der Waals surface area contributed by atoms with Crippen LogP contribution < -0.4 is 0 Å². The van der Waals surface area contributed by atoms with E-state index in [0.717, 1.165) is 18.1 Å². The molecule has 52 valence electrons. The van der Waals surface area contributed by atoms with Crippen LogP contribution in [-0.4, -0.2) is 8.07 Å². The smallest absolute Gasteiger partial charge is 0.172 e. The Labute approximate surface area is 58.7 Å². The number of hydrogen-bond acceptors (Lipinski definition) is 1. The van der Waals surface area contributed by atoms with Crippen molar-refractivity contribution in [2.24, 2.45) is 0 Å². The molecule has 0 aliphatic carbocycles. The van der Waals surface area contributed by atoms with Crippen molar-refractivity contribution in [1.82, 2.24) is 0 Å². The van der Waals surface area contributed by atoms with Crippen LogP contribution in [0.15, 0.2) is 0 Å². The Balaban J connectivity index is 4.04. The van der Waals surface area contributed by atoms with Crippen LogP contribution in [0.5, 0.6) is 0 Å². The van der Waals surface area contributed by atoms with E-state index in [-0.39, 0.29) is 0 Å². The maximum atomic E-state index is 8.79. The van der Waals surface area contributed by atoms with Gasteiger partial charge >= 0.3 is 0 Å². The first kappa shape index (κ1) is 8.71. The van der Waals surface area contributed by atoms with E-state index in [0.29, 0.717) is 0 Å². The lowest BCUT2D eigenvalue weighted by Gasteiger charge is -2.16. The molecule has 0 aliphatic heterocycles. The fraction of sp³-hybridized carbons (Fsp3) is 0.857. The molecule has 0 aromatic carbocycles. The summed E-state index contributed by atoms with van der Waals surface area (Å²) in [4.78, 5) is 0. The van der Waals surface area contributed by atoms with Gasteiger partial charge in [-0.2, -0.15) is 0 Å². The van der Waals surface area contributed by atoms with Gasteiger partial charge in [0.1, 0.15) is 0 Å². The highest BCUT2D eigenvalue weighted by atomic mass is 28.3. The monoisotopic (exact) mass is 141 g/mol. The van der Waals surface area contributed by atoms with Crippen LogP contribution in [0, 0.1) is 11.0 Å². The molecule has 0 saturated carbocycles. The van der Waals surface area contributed by atoms with Gasteiger partial charge in [-0.05, 0) is 18.1 Å². The number of hydrogen-bond donors (Lipinski definition) is 0. The molecule has 0 amide bonds. The third kappa shape index (κ3) is 1.83. The first-order valence-electron chi connectivity index (χ1n) is 3.66. The van der Waals surface area contributed by atoms with Crippen LogP contribution in [0.4, 0.5) is 0 Å². The lowest BCUT2D eigenvalue weighted by molar-refractivity contribution is 1.19. The SMILES string of the molecule is CC[Si](C#N)(CC)CC. The minimum atomic E-state index is -1.39.